The highest BCUT2D eigenvalue weighted by atomic mass is 15.1. The molecule has 1 saturated carbocycles. The molecule has 2 heteroatoms. The predicted molar refractivity (Wildman–Crippen MR) is 224 cm³/mol. The Bertz CT molecular complexity index is 2850. The number of benzene rings is 9. The first-order valence-corrected chi connectivity index (χ1v) is 18.6. The third-order valence-corrected chi connectivity index (χ3v) is 11.6. The maximum absolute atomic E-state index is 2.49. The Hall–Kier alpha value is -6.64. The average Bonchev–Trinajstić information content (AvgIpc) is 4.03. The Labute approximate surface area is 309 Å². The van der Waals surface area contributed by atoms with Crippen LogP contribution in [0.3, 0.4) is 0 Å². The van der Waals surface area contributed by atoms with Crippen LogP contribution in [0.2, 0.25) is 0 Å². The van der Waals surface area contributed by atoms with Gasteiger partial charge in [-0.25, -0.2) is 0 Å². The molecule has 0 saturated heterocycles. The van der Waals surface area contributed by atoms with E-state index in [1.807, 2.05) is 0 Å². The minimum Gasteiger partial charge on any atom is -0.310 e. The summed E-state index contributed by atoms with van der Waals surface area (Å²) >= 11 is 0. The Morgan fingerprint density at radius 2 is 0.868 bits per heavy atom. The summed E-state index contributed by atoms with van der Waals surface area (Å²) in [6.07, 6.45) is 2.31. The van der Waals surface area contributed by atoms with Gasteiger partial charge in [0.15, 0.2) is 0 Å². The zero-order valence-corrected chi connectivity index (χ0v) is 29.3. The van der Waals surface area contributed by atoms with Crippen LogP contribution < -0.4 is 9.80 Å². The molecular weight excluding hydrogens is 641 g/mol. The normalized spacial score (nSPS) is 13.7. The summed E-state index contributed by atoms with van der Waals surface area (Å²) in [5.74, 6) is 0. The molecule has 9 aromatic carbocycles. The van der Waals surface area contributed by atoms with Crippen molar-refractivity contribution in [3.8, 4) is 11.1 Å². The monoisotopic (exact) mass is 676 g/mol. The molecule has 0 heterocycles. The van der Waals surface area contributed by atoms with E-state index in [9.17, 15) is 0 Å². The largest absolute Gasteiger partial charge is 0.310 e. The molecule has 2 aliphatic rings. The van der Waals surface area contributed by atoms with E-state index in [1.165, 1.54) is 65.9 Å². The van der Waals surface area contributed by atoms with Gasteiger partial charge in [0, 0.05) is 39.2 Å². The second-order valence-corrected chi connectivity index (χ2v) is 14.6. The first kappa shape index (κ1) is 30.0. The van der Waals surface area contributed by atoms with Gasteiger partial charge in [-0.1, -0.05) is 127 Å². The van der Waals surface area contributed by atoms with E-state index in [-0.39, 0.29) is 5.41 Å². The van der Waals surface area contributed by atoms with Gasteiger partial charge in [0.05, 0.1) is 5.69 Å². The van der Waals surface area contributed by atoms with Gasteiger partial charge in [-0.3, -0.25) is 0 Å². The van der Waals surface area contributed by atoms with Crippen molar-refractivity contribution in [2.75, 3.05) is 9.80 Å². The first-order valence-electron chi connectivity index (χ1n) is 18.6. The summed E-state index contributed by atoms with van der Waals surface area (Å²) < 4.78 is 0. The second-order valence-electron chi connectivity index (χ2n) is 14.6. The van der Waals surface area contributed by atoms with Crippen molar-refractivity contribution in [2.45, 2.75) is 18.3 Å². The van der Waals surface area contributed by atoms with Crippen LogP contribution in [0.4, 0.5) is 34.1 Å². The van der Waals surface area contributed by atoms with E-state index in [0.717, 1.165) is 35.6 Å². The van der Waals surface area contributed by atoms with Crippen LogP contribution in [-0.4, -0.2) is 0 Å². The van der Waals surface area contributed by atoms with E-state index in [4.69, 9.17) is 0 Å². The number of para-hydroxylation sites is 2. The smallest absolute Gasteiger partial charge is 0.0540 e. The van der Waals surface area contributed by atoms with Crippen molar-refractivity contribution in [1.82, 2.24) is 0 Å². The van der Waals surface area contributed by atoms with Gasteiger partial charge in [0.1, 0.15) is 0 Å². The fourth-order valence-corrected chi connectivity index (χ4v) is 8.98. The molecule has 2 nitrogen and oxygen atoms in total. The molecule has 0 bridgehead atoms. The first-order chi connectivity index (χ1) is 26.2. The molecule has 0 atom stereocenters. The van der Waals surface area contributed by atoms with Crippen LogP contribution in [0.25, 0.3) is 43.4 Å². The minimum absolute atomic E-state index is 0.00272. The number of nitrogens with zero attached hydrogens (tertiary/aromatic N) is 2. The van der Waals surface area contributed by atoms with Crippen LogP contribution in [-0.2, 0) is 5.41 Å². The maximum Gasteiger partial charge on any atom is 0.0540 e. The lowest BCUT2D eigenvalue weighted by molar-refractivity contribution is 0.853. The topological polar surface area (TPSA) is 6.48 Å². The Kier molecular flexibility index (Phi) is 6.63. The number of hydrogen-bond donors (Lipinski definition) is 0. The summed E-state index contributed by atoms with van der Waals surface area (Å²) in [5, 5.41) is 7.66. The zero-order chi connectivity index (χ0) is 34.9. The van der Waals surface area contributed by atoms with Gasteiger partial charge in [-0.2, -0.15) is 0 Å². The molecule has 1 fully saturated rings. The quantitative estimate of drug-likeness (QED) is 0.173. The molecule has 0 N–H and O–H groups in total. The second kappa shape index (κ2) is 11.7. The van der Waals surface area contributed by atoms with E-state index >= 15 is 0 Å². The highest BCUT2D eigenvalue weighted by molar-refractivity contribution is 6.11. The lowest BCUT2D eigenvalue weighted by Gasteiger charge is -2.34. The van der Waals surface area contributed by atoms with Crippen molar-refractivity contribution in [1.29, 1.82) is 0 Å². The summed E-state index contributed by atoms with van der Waals surface area (Å²) in [6.45, 7) is 0. The third kappa shape index (κ3) is 4.72. The summed E-state index contributed by atoms with van der Waals surface area (Å²) in [7, 11) is 0. The van der Waals surface area contributed by atoms with Gasteiger partial charge < -0.3 is 9.80 Å². The number of fused-ring (bicyclic) bond motifs is 6. The molecule has 1 spiro atoms. The Morgan fingerprint density at radius 1 is 0.340 bits per heavy atom. The van der Waals surface area contributed by atoms with Crippen LogP contribution in [0.5, 0.6) is 0 Å². The minimum atomic E-state index is 0.00272. The number of rotatable bonds is 6. The molecule has 2 aliphatic carbocycles. The summed E-state index contributed by atoms with van der Waals surface area (Å²) in [5.41, 5.74) is 12.6. The fraction of sp³-hybridized carbons (Fsp3) is 0.0588. The van der Waals surface area contributed by atoms with E-state index in [2.05, 4.69) is 204 Å². The van der Waals surface area contributed by atoms with Crippen LogP contribution in [0.15, 0.2) is 194 Å². The Morgan fingerprint density at radius 3 is 1.51 bits per heavy atom. The highest BCUT2D eigenvalue weighted by Gasteiger charge is 2.50. The van der Waals surface area contributed by atoms with Gasteiger partial charge >= 0.3 is 0 Å². The van der Waals surface area contributed by atoms with Crippen LogP contribution in [0.1, 0.15) is 24.0 Å². The van der Waals surface area contributed by atoms with Crippen molar-refractivity contribution in [3.63, 3.8) is 0 Å². The molecule has 9 aromatic rings. The molecule has 0 radical (unpaired) electrons. The fourth-order valence-electron chi connectivity index (χ4n) is 8.98. The Balaban J connectivity index is 1.10. The number of hydrogen-bond acceptors (Lipinski definition) is 2. The highest BCUT2D eigenvalue weighted by Crippen LogP contribution is 2.63. The van der Waals surface area contributed by atoms with E-state index in [0.29, 0.717) is 0 Å². The average molecular weight is 677 g/mol. The molecule has 0 aromatic heterocycles. The molecule has 0 amide bonds. The van der Waals surface area contributed by atoms with Crippen molar-refractivity contribution in [2.24, 2.45) is 0 Å². The SMILES string of the molecule is c1ccc(N(c2ccc3c(c2)C2(CC2)c2cccc4c(N(c5ccccc5)c5ccc6ccccc6c5)ccc-3c24)c2ccc3ccccc3c2)cc1. The lowest BCUT2D eigenvalue weighted by Crippen LogP contribution is -2.18. The molecule has 0 aliphatic heterocycles. The molecule has 0 unspecified atom stereocenters. The van der Waals surface area contributed by atoms with E-state index < -0.39 is 0 Å². The predicted octanol–water partition coefficient (Wildman–Crippen LogP) is 14.1. The third-order valence-electron chi connectivity index (χ3n) is 11.6. The number of anilines is 6. The molecule has 11 rings (SSSR count). The molecule has 53 heavy (non-hydrogen) atoms. The van der Waals surface area contributed by atoms with Gasteiger partial charge in [0.25, 0.3) is 0 Å². The summed E-state index contributed by atoms with van der Waals surface area (Å²) in [6, 6.07) is 71.5. The van der Waals surface area contributed by atoms with Crippen molar-refractivity contribution < 1.29 is 0 Å². The van der Waals surface area contributed by atoms with Gasteiger partial charge in [-0.05, 0) is 129 Å². The summed E-state index contributed by atoms with van der Waals surface area (Å²) in [4.78, 5) is 4.86. The van der Waals surface area contributed by atoms with Gasteiger partial charge in [-0.15, -0.1) is 0 Å². The molecular formula is C51H36N2. The van der Waals surface area contributed by atoms with Crippen LogP contribution in [0, 0.1) is 0 Å². The lowest BCUT2D eigenvalue weighted by atomic mass is 9.74. The zero-order valence-electron chi connectivity index (χ0n) is 29.3. The van der Waals surface area contributed by atoms with Crippen LogP contribution >= 0.6 is 0 Å². The van der Waals surface area contributed by atoms with Crippen molar-refractivity contribution in [3.05, 3.63) is 205 Å². The van der Waals surface area contributed by atoms with E-state index in [1.54, 1.807) is 0 Å². The molecule has 250 valence electrons. The standard InChI is InChI=1S/C51H36N2/c1-3-16-39(17-4-1)52(41-24-22-35-12-7-9-14-37(35)32-41)43-26-27-44-45-28-29-49(46-20-11-21-47(50(45)46)51(30-31-51)48(44)34-43)53(40-18-5-2-6-19-40)42-25-23-36-13-8-10-15-38(36)33-42/h1-29,32-34H,30-31H2. The maximum atomic E-state index is 2.49. The van der Waals surface area contributed by atoms with Gasteiger partial charge in [0.2, 0.25) is 0 Å². The van der Waals surface area contributed by atoms with Crippen molar-refractivity contribution >= 4 is 66.4 Å².